The van der Waals surface area contributed by atoms with E-state index in [1.165, 1.54) is 0 Å². The van der Waals surface area contributed by atoms with E-state index in [1.807, 2.05) is 93.6 Å². The first-order valence-corrected chi connectivity index (χ1v) is 12.3. The summed E-state index contributed by atoms with van der Waals surface area (Å²) in [5.41, 5.74) is 4.50. The van der Waals surface area contributed by atoms with Gasteiger partial charge < -0.3 is 10.1 Å². The molecule has 1 aliphatic heterocycles. The van der Waals surface area contributed by atoms with Crippen molar-refractivity contribution in [3.63, 3.8) is 0 Å². The molecule has 1 atom stereocenters. The molecule has 0 unspecified atom stereocenters. The number of nitrogens with zero attached hydrogens (tertiary/aromatic N) is 3. The maximum Gasteiger partial charge on any atom is 0.277 e. The van der Waals surface area contributed by atoms with Gasteiger partial charge in [-0.25, -0.2) is 0 Å². The van der Waals surface area contributed by atoms with Crippen molar-refractivity contribution in [2.75, 3.05) is 12.0 Å². The van der Waals surface area contributed by atoms with Gasteiger partial charge in [0.2, 0.25) is 5.91 Å². The van der Waals surface area contributed by atoms with Gasteiger partial charge in [-0.1, -0.05) is 42.5 Å². The van der Waals surface area contributed by atoms with Gasteiger partial charge in [0, 0.05) is 17.8 Å². The smallest absolute Gasteiger partial charge is 0.277 e. The van der Waals surface area contributed by atoms with Crippen LogP contribution in [0.1, 0.15) is 34.1 Å². The number of carbonyl (C=O) groups excluding carboxylic acids is 2. The minimum absolute atomic E-state index is 0.220. The van der Waals surface area contributed by atoms with E-state index in [0.717, 1.165) is 33.7 Å². The molecular formula is C30H30N4O3. The van der Waals surface area contributed by atoms with Crippen molar-refractivity contribution in [1.29, 1.82) is 0 Å². The molecule has 3 aromatic carbocycles. The van der Waals surface area contributed by atoms with Crippen LogP contribution in [0, 0.1) is 13.8 Å². The van der Waals surface area contributed by atoms with E-state index >= 15 is 0 Å². The summed E-state index contributed by atoms with van der Waals surface area (Å²) in [7, 11) is 1.62. The first kappa shape index (κ1) is 24.3. The number of amides is 2. The largest absolute Gasteiger partial charge is 0.497 e. The molecule has 188 valence electrons. The molecule has 0 bridgehead atoms. The van der Waals surface area contributed by atoms with Crippen LogP contribution in [0.2, 0.25) is 0 Å². The Morgan fingerprint density at radius 2 is 1.76 bits per heavy atom. The number of ether oxygens (including phenoxy) is 1. The lowest BCUT2D eigenvalue weighted by Gasteiger charge is -2.43. The molecule has 2 heterocycles. The highest BCUT2D eigenvalue weighted by atomic mass is 16.5. The van der Waals surface area contributed by atoms with Gasteiger partial charge in [0.1, 0.15) is 17.0 Å². The Balaban J connectivity index is 1.56. The van der Waals surface area contributed by atoms with E-state index in [0.29, 0.717) is 17.9 Å². The molecule has 0 fully saturated rings. The van der Waals surface area contributed by atoms with Crippen LogP contribution in [-0.4, -0.2) is 34.2 Å². The summed E-state index contributed by atoms with van der Waals surface area (Å²) in [6, 6.07) is 24.9. The maximum absolute atomic E-state index is 14.1. The van der Waals surface area contributed by atoms with E-state index in [1.54, 1.807) is 22.8 Å². The van der Waals surface area contributed by atoms with E-state index in [2.05, 4.69) is 5.32 Å². The molecule has 1 aromatic heterocycles. The maximum atomic E-state index is 14.1. The number of aromatic nitrogens is 2. The Morgan fingerprint density at radius 3 is 2.46 bits per heavy atom. The quantitative estimate of drug-likeness (QED) is 0.413. The van der Waals surface area contributed by atoms with Crippen molar-refractivity contribution in [1.82, 2.24) is 15.1 Å². The van der Waals surface area contributed by atoms with Crippen LogP contribution in [0.5, 0.6) is 5.75 Å². The van der Waals surface area contributed by atoms with E-state index in [9.17, 15) is 9.59 Å². The zero-order valence-corrected chi connectivity index (χ0v) is 21.5. The van der Waals surface area contributed by atoms with E-state index in [4.69, 9.17) is 9.84 Å². The lowest BCUT2D eigenvalue weighted by molar-refractivity contribution is -0.126. The molecule has 0 radical (unpaired) electrons. The summed E-state index contributed by atoms with van der Waals surface area (Å²) in [5, 5.41) is 7.80. The molecule has 2 amide bonds. The monoisotopic (exact) mass is 494 g/mol. The van der Waals surface area contributed by atoms with E-state index < -0.39 is 5.54 Å². The van der Waals surface area contributed by atoms with Crippen LogP contribution in [0.15, 0.2) is 78.9 Å². The molecule has 4 aromatic rings. The highest BCUT2D eigenvalue weighted by molar-refractivity contribution is 6.12. The Hall–Kier alpha value is -4.39. The van der Waals surface area contributed by atoms with Gasteiger partial charge in [0.15, 0.2) is 0 Å². The van der Waals surface area contributed by atoms with Crippen molar-refractivity contribution in [2.45, 2.75) is 39.4 Å². The summed E-state index contributed by atoms with van der Waals surface area (Å²) in [6.07, 6.45) is 0. The van der Waals surface area contributed by atoms with Gasteiger partial charge in [0.05, 0.1) is 19.3 Å². The SMILES string of the molecule is COc1ccc(-c2cc3n(n2)C[C@](C)(C(=O)NCc2ccccc2)N(c2cccc(C)c2C)C3=O)cc1. The average Bonchev–Trinajstić information content (AvgIpc) is 3.34. The van der Waals surface area contributed by atoms with Crippen molar-refractivity contribution in [3.8, 4) is 17.0 Å². The van der Waals surface area contributed by atoms with Gasteiger partial charge >= 0.3 is 0 Å². The molecule has 5 rings (SSSR count). The number of carbonyl (C=O) groups is 2. The topological polar surface area (TPSA) is 76.5 Å². The molecule has 1 N–H and O–H groups in total. The Morgan fingerprint density at radius 1 is 1.03 bits per heavy atom. The van der Waals surface area contributed by atoms with Crippen LogP contribution in [0.3, 0.4) is 0 Å². The van der Waals surface area contributed by atoms with Crippen LogP contribution in [-0.2, 0) is 17.9 Å². The average molecular weight is 495 g/mol. The van der Waals surface area contributed by atoms with Gasteiger partial charge in [-0.3, -0.25) is 19.2 Å². The van der Waals surface area contributed by atoms with Gasteiger partial charge in [0.25, 0.3) is 5.91 Å². The minimum Gasteiger partial charge on any atom is -0.497 e. The van der Waals surface area contributed by atoms with Crippen molar-refractivity contribution >= 4 is 17.5 Å². The Labute approximate surface area is 216 Å². The Kier molecular flexibility index (Phi) is 6.29. The van der Waals surface area contributed by atoms with Crippen LogP contribution in [0.4, 0.5) is 5.69 Å². The number of benzene rings is 3. The third kappa shape index (κ3) is 4.37. The van der Waals surface area contributed by atoms with Crippen LogP contribution >= 0.6 is 0 Å². The summed E-state index contributed by atoms with van der Waals surface area (Å²) < 4.78 is 6.92. The van der Waals surface area contributed by atoms with Gasteiger partial charge in [-0.05, 0) is 73.9 Å². The number of fused-ring (bicyclic) bond motifs is 1. The predicted molar refractivity (Wildman–Crippen MR) is 144 cm³/mol. The highest BCUT2D eigenvalue weighted by Crippen LogP contribution is 2.36. The van der Waals surface area contributed by atoms with Gasteiger partial charge in [-0.2, -0.15) is 5.10 Å². The molecule has 0 aliphatic carbocycles. The first-order valence-electron chi connectivity index (χ1n) is 12.3. The number of aryl methyl sites for hydroxylation is 1. The van der Waals surface area contributed by atoms with E-state index in [-0.39, 0.29) is 18.4 Å². The zero-order valence-electron chi connectivity index (χ0n) is 21.5. The fourth-order valence-corrected chi connectivity index (χ4v) is 4.81. The van der Waals surface area contributed by atoms with Gasteiger partial charge in [-0.15, -0.1) is 0 Å². The number of methoxy groups -OCH3 is 1. The van der Waals surface area contributed by atoms with Crippen molar-refractivity contribution in [3.05, 3.63) is 101 Å². The van der Waals surface area contributed by atoms with Crippen LogP contribution < -0.4 is 15.0 Å². The van der Waals surface area contributed by atoms with Crippen molar-refractivity contribution in [2.24, 2.45) is 0 Å². The number of rotatable bonds is 6. The predicted octanol–water partition coefficient (Wildman–Crippen LogP) is 4.91. The number of hydrogen-bond acceptors (Lipinski definition) is 4. The first-order chi connectivity index (χ1) is 17.8. The number of anilines is 1. The lowest BCUT2D eigenvalue weighted by atomic mass is 9.92. The molecular weight excluding hydrogens is 464 g/mol. The highest BCUT2D eigenvalue weighted by Gasteiger charge is 2.49. The molecule has 0 saturated carbocycles. The molecule has 7 heteroatoms. The molecule has 7 nitrogen and oxygen atoms in total. The third-order valence-corrected chi connectivity index (χ3v) is 7.14. The summed E-state index contributed by atoms with van der Waals surface area (Å²) >= 11 is 0. The fraction of sp³-hybridized carbons (Fsp3) is 0.233. The summed E-state index contributed by atoms with van der Waals surface area (Å²) in [4.78, 5) is 29.5. The lowest BCUT2D eigenvalue weighted by Crippen LogP contribution is -2.64. The molecule has 0 saturated heterocycles. The second kappa shape index (κ2) is 9.58. The second-order valence-electron chi connectivity index (χ2n) is 9.60. The molecule has 37 heavy (non-hydrogen) atoms. The summed E-state index contributed by atoms with van der Waals surface area (Å²) in [6.45, 7) is 6.39. The normalized spacial score (nSPS) is 16.9. The zero-order chi connectivity index (χ0) is 26.2. The number of nitrogens with one attached hydrogen (secondary N) is 1. The fourth-order valence-electron chi connectivity index (χ4n) is 4.81. The van der Waals surface area contributed by atoms with Crippen LogP contribution in [0.25, 0.3) is 11.3 Å². The Bertz CT molecular complexity index is 1460. The molecule has 0 spiro atoms. The minimum atomic E-state index is -1.19. The molecule has 1 aliphatic rings. The second-order valence-corrected chi connectivity index (χ2v) is 9.60. The summed E-state index contributed by atoms with van der Waals surface area (Å²) in [5.74, 6) is 0.245. The van der Waals surface area contributed by atoms with Crippen molar-refractivity contribution < 1.29 is 14.3 Å². The third-order valence-electron chi connectivity index (χ3n) is 7.14. The number of hydrogen-bond donors (Lipinski definition) is 1. The standard InChI is InChI=1S/C30H30N4O3/c1-20-9-8-12-26(21(20)2)34-28(35)27-17-25(23-13-15-24(37-4)16-14-23)32-33(27)19-30(34,3)29(36)31-18-22-10-6-5-7-11-22/h5-17H,18-19H2,1-4H3,(H,31,36)/t30-/m1/s1.